The number of benzene rings is 2. The Hall–Kier alpha value is -4.01. The third-order valence-corrected chi connectivity index (χ3v) is 5.76. The number of aromatic amines is 1. The van der Waals surface area contributed by atoms with E-state index in [0.29, 0.717) is 24.2 Å². The van der Waals surface area contributed by atoms with Gasteiger partial charge in [0, 0.05) is 18.5 Å². The summed E-state index contributed by atoms with van der Waals surface area (Å²) in [6, 6.07) is 8.24. The molecule has 0 saturated heterocycles. The molecule has 4 rings (SSSR count). The van der Waals surface area contributed by atoms with Crippen molar-refractivity contribution in [1.82, 2.24) is 14.9 Å². The Bertz CT molecular complexity index is 1300. The number of nitrogens with two attached hydrogens (primary N) is 1. The first-order valence-electron chi connectivity index (χ1n) is 10.2. The van der Waals surface area contributed by atoms with E-state index >= 15 is 0 Å². The zero-order valence-corrected chi connectivity index (χ0v) is 17.5. The minimum atomic E-state index is -0.621. The van der Waals surface area contributed by atoms with Gasteiger partial charge in [-0.1, -0.05) is 12.1 Å². The standard InChI is InChI=1S/C23H23FN6O2/c1-13-16-3-2-15(19(26)4-6-25)8-14(16)5-7-30(13)22(31)11-27-21-10-20-17(9-18(21)24)23(32)29-12-28-20/h2-4,6,8-10,12-13,25,27H,5,7,11,26H2,1H3,(H,28,29,32)/b19-4-,25-6?. The summed E-state index contributed by atoms with van der Waals surface area (Å²) in [5, 5.41) is 10.2. The van der Waals surface area contributed by atoms with Gasteiger partial charge in [0.25, 0.3) is 5.56 Å². The van der Waals surface area contributed by atoms with E-state index in [-0.39, 0.29) is 29.6 Å². The van der Waals surface area contributed by atoms with Gasteiger partial charge < -0.3 is 26.3 Å². The number of hydrogen-bond donors (Lipinski definition) is 4. The van der Waals surface area contributed by atoms with Gasteiger partial charge in [-0.15, -0.1) is 0 Å². The minimum Gasteiger partial charge on any atom is -0.398 e. The van der Waals surface area contributed by atoms with E-state index in [1.165, 1.54) is 18.5 Å². The average Bonchev–Trinajstić information content (AvgIpc) is 2.78. The topological polar surface area (TPSA) is 128 Å². The van der Waals surface area contributed by atoms with Crippen LogP contribution in [0.2, 0.25) is 0 Å². The first-order chi connectivity index (χ1) is 15.4. The smallest absolute Gasteiger partial charge is 0.258 e. The van der Waals surface area contributed by atoms with Gasteiger partial charge in [0.2, 0.25) is 5.91 Å². The first kappa shape index (κ1) is 21.2. The molecule has 2 heterocycles. The molecule has 5 N–H and O–H groups in total. The second-order valence-corrected chi connectivity index (χ2v) is 7.65. The van der Waals surface area contributed by atoms with Crippen molar-refractivity contribution in [3.8, 4) is 0 Å². The maximum atomic E-state index is 14.4. The van der Waals surface area contributed by atoms with Crippen molar-refractivity contribution in [2.75, 3.05) is 18.4 Å². The highest BCUT2D eigenvalue weighted by atomic mass is 19.1. The van der Waals surface area contributed by atoms with Gasteiger partial charge in [-0.25, -0.2) is 9.37 Å². The van der Waals surface area contributed by atoms with Crippen LogP contribution in [0.4, 0.5) is 10.1 Å². The van der Waals surface area contributed by atoms with Crippen molar-refractivity contribution in [3.05, 3.63) is 75.6 Å². The number of nitrogens with zero attached hydrogens (tertiary/aromatic N) is 2. The lowest BCUT2D eigenvalue weighted by Crippen LogP contribution is -2.41. The van der Waals surface area contributed by atoms with E-state index in [9.17, 15) is 14.0 Å². The van der Waals surface area contributed by atoms with E-state index in [4.69, 9.17) is 11.1 Å². The number of allylic oxidation sites excluding steroid dienone is 1. The molecule has 1 aromatic heterocycles. The van der Waals surface area contributed by atoms with Crippen LogP contribution in [-0.4, -0.2) is 40.1 Å². The van der Waals surface area contributed by atoms with Crippen molar-refractivity contribution < 1.29 is 9.18 Å². The van der Waals surface area contributed by atoms with Crippen LogP contribution in [0, 0.1) is 11.2 Å². The third kappa shape index (κ3) is 3.96. The number of amides is 1. The van der Waals surface area contributed by atoms with Gasteiger partial charge in [0.05, 0.1) is 35.5 Å². The summed E-state index contributed by atoms with van der Waals surface area (Å²) in [6.45, 7) is 2.40. The predicted molar refractivity (Wildman–Crippen MR) is 122 cm³/mol. The van der Waals surface area contributed by atoms with Crippen LogP contribution in [0.15, 0.2) is 47.5 Å². The Labute approximate surface area is 183 Å². The molecule has 1 aliphatic heterocycles. The fraction of sp³-hybridized carbons (Fsp3) is 0.217. The predicted octanol–water partition coefficient (Wildman–Crippen LogP) is 2.57. The molecule has 8 nitrogen and oxygen atoms in total. The second-order valence-electron chi connectivity index (χ2n) is 7.65. The largest absolute Gasteiger partial charge is 0.398 e. The Morgan fingerprint density at radius 3 is 3.00 bits per heavy atom. The van der Waals surface area contributed by atoms with Gasteiger partial charge in [0.1, 0.15) is 5.82 Å². The van der Waals surface area contributed by atoms with E-state index in [1.807, 2.05) is 25.1 Å². The first-order valence-corrected chi connectivity index (χ1v) is 10.2. The number of rotatable bonds is 5. The third-order valence-electron chi connectivity index (χ3n) is 5.76. The normalized spacial score (nSPS) is 16.0. The van der Waals surface area contributed by atoms with Crippen LogP contribution in [0.1, 0.15) is 29.7 Å². The van der Waals surface area contributed by atoms with Crippen molar-refractivity contribution in [1.29, 1.82) is 5.41 Å². The van der Waals surface area contributed by atoms with E-state index in [2.05, 4.69) is 15.3 Å². The van der Waals surface area contributed by atoms with Crippen LogP contribution in [0.3, 0.4) is 0 Å². The molecule has 9 heteroatoms. The van der Waals surface area contributed by atoms with Crippen LogP contribution in [-0.2, 0) is 11.2 Å². The van der Waals surface area contributed by atoms with Crippen LogP contribution in [0.25, 0.3) is 16.6 Å². The number of anilines is 1. The van der Waals surface area contributed by atoms with E-state index in [0.717, 1.165) is 29.0 Å². The van der Waals surface area contributed by atoms with E-state index in [1.54, 1.807) is 4.90 Å². The molecule has 1 atom stereocenters. The molecule has 2 aromatic carbocycles. The summed E-state index contributed by atoms with van der Waals surface area (Å²) in [7, 11) is 0. The number of aromatic nitrogens is 2. The average molecular weight is 434 g/mol. The molecule has 0 spiro atoms. The SMILES string of the molecule is CC1c2ccc(/C(N)=C/C=N)cc2CCN1C(=O)CNc1cc2nc[nH]c(=O)c2cc1F. The lowest BCUT2D eigenvalue weighted by atomic mass is 9.91. The molecule has 1 aliphatic rings. The fourth-order valence-electron chi connectivity index (χ4n) is 4.04. The zero-order chi connectivity index (χ0) is 22.8. The molecule has 0 saturated carbocycles. The number of hydrogen-bond acceptors (Lipinski definition) is 6. The number of fused-ring (bicyclic) bond motifs is 2. The maximum absolute atomic E-state index is 14.4. The summed E-state index contributed by atoms with van der Waals surface area (Å²) in [5.74, 6) is -0.780. The summed E-state index contributed by atoms with van der Waals surface area (Å²) in [6.07, 6.45) is 4.61. The maximum Gasteiger partial charge on any atom is 0.258 e. The zero-order valence-electron chi connectivity index (χ0n) is 17.5. The molecule has 0 radical (unpaired) electrons. The molecule has 0 bridgehead atoms. The number of nitrogens with one attached hydrogen (secondary N) is 3. The van der Waals surface area contributed by atoms with E-state index < -0.39 is 11.4 Å². The summed E-state index contributed by atoms with van der Waals surface area (Å²) >= 11 is 0. The Balaban J connectivity index is 1.49. The Morgan fingerprint density at radius 1 is 1.41 bits per heavy atom. The molecule has 32 heavy (non-hydrogen) atoms. The number of H-pyrrole nitrogens is 1. The summed E-state index contributed by atoms with van der Waals surface area (Å²) in [4.78, 5) is 32.9. The van der Waals surface area contributed by atoms with Gasteiger partial charge in [-0.2, -0.15) is 0 Å². The fourth-order valence-corrected chi connectivity index (χ4v) is 4.04. The summed E-state index contributed by atoms with van der Waals surface area (Å²) in [5.41, 5.74) is 9.55. The van der Waals surface area contributed by atoms with Crippen LogP contribution >= 0.6 is 0 Å². The van der Waals surface area contributed by atoms with Crippen molar-refractivity contribution in [2.45, 2.75) is 19.4 Å². The Morgan fingerprint density at radius 2 is 2.22 bits per heavy atom. The molecule has 3 aromatic rings. The minimum absolute atomic E-state index is 0.0849. The number of carbonyl (C=O) groups is 1. The highest BCUT2D eigenvalue weighted by Gasteiger charge is 2.27. The second kappa shape index (κ2) is 8.62. The highest BCUT2D eigenvalue weighted by molar-refractivity contribution is 5.85. The van der Waals surface area contributed by atoms with Gasteiger partial charge in [0.15, 0.2) is 0 Å². The molecule has 0 aliphatic carbocycles. The van der Waals surface area contributed by atoms with Crippen molar-refractivity contribution in [3.63, 3.8) is 0 Å². The molecule has 0 fully saturated rings. The van der Waals surface area contributed by atoms with Gasteiger partial charge >= 0.3 is 0 Å². The van der Waals surface area contributed by atoms with Crippen molar-refractivity contribution >= 4 is 34.4 Å². The quantitative estimate of drug-likeness (QED) is 0.459. The molecule has 1 unspecified atom stereocenters. The van der Waals surface area contributed by atoms with Gasteiger partial charge in [-0.3, -0.25) is 9.59 Å². The Kier molecular flexibility index (Phi) is 5.72. The van der Waals surface area contributed by atoms with Gasteiger partial charge in [-0.05, 0) is 54.3 Å². The number of carbonyl (C=O) groups excluding carboxylic acids is 1. The van der Waals surface area contributed by atoms with Crippen molar-refractivity contribution in [2.24, 2.45) is 5.73 Å². The summed E-state index contributed by atoms with van der Waals surface area (Å²) < 4.78 is 14.4. The van der Waals surface area contributed by atoms with Crippen LogP contribution < -0.4 is 16.6 Å². The highest BCUT2D eigenvalue weighted by Crippen LogP contribution is 2.31. The number of halogens is 1. The lowest BCUT2D eigenvalue weighted by molar-refractivity contribution is -0.131. The molecular weight excluding hydrogens is 411 g/mol. The van der Waals surface area contributed by atoms with Crippen LogP contribution in [0.5, 0.6) is 0 Å². The molecule has 164 valence electrons. The molecular formula is C23H23FN6O2. The monoisotopic (exact) mass is 434 g/mol. The lowest BCUT2D eigenvalue weighted by Gasteiger charge is -2.35. The molecule has 1 amide bonds.